The van der Waals surface area contributed by atoms with Crippen molar-refractivity contribution in [3.8, 4) is 12.3 Å². The molecule has 1 unspecified atom stereocenters. The van der Waals surface area contributed by atoms with Crippen LogP contribution in [0.2, 0.25) is 0 Å². The van der Waals surface area contributed by atoms with Gasteiger partial charge in [-0.1, -0.05) is 6.92 Å². The van der Waals surface area contributed by atoms with E-state index in [0.717, 1.165) is 19.3 Å². The minimum Gasteiger partial charge on any atom is -0.396 e. The maximum Gasteiger partial charge on any atom is 0.0431 e. The van der Waals surface area contributed by atoms with E-state index in [2.05, 4.69) is 5.92 Å². The van der Waals surface area contributed by atoms with Crippen molar-refractivity contribution in [3.05, 3.63) is 0 Å². The molecule has 52 valence electrons. The summed E-state index contributed by atoms with van der Waals surface area (Å²) in [7, 11) is 0. The van der Waals surface area contributed by atoms with Crippen molar-refractivity contribution in [3.63, 3.8) is 0 Å². The highest BCUT2D eigenvalue weighted by atomic mass is 16.2. The van der Waals surface area contributed by atoms with Crippen LogP contribution in [0.5, 0.6) is 0 Å². The molecular formula is C8H14O. The van der Waals surface area contributed by atoms with Crippen LogP contribution in [0.15, 0.2) is 0 Å². The predicted octanol–water partition coefficient (Wildman–Crippen LogP) is 1.42. The maximum absolute atomic E-state index is 8.40. The van der Waals surface area contributed by atoms with Gasteiger partial charge in [0.25, 0.3) is 0 Å². The number of hydrogen-bond donors (Lipinski definition) is 1. The Labute approximate surface area is 57.1 Å². The van der Waals surface area contributed by atoms with Crippen molar-refractivity contribution in [2.24, 2.45) is 5.92 Å². The van der Waals surface area contributed by atoms with Crippen LogP contribution in [-0.4, -0.2) is 11.7 Å². The summed E-state index contributed by atoms with van der Waals surface area (Å²) in [6, 6.07) is 0. The molecule has 0 aromatic heterocycles. The third-order valence-electron chi connectivity index (χ3n) is 1.33. The van der Waals surface area contributed by atoms with E-state index in [1.165, 1.54) is 0 Å². The molecule has 0 aromatic carbocycles. The lowest BCUT2D eigenvalue weighted by molar-refractivity contribution is 0.281. The zero-order chi connectivity index (χ0) is 7.11. The molecule has 0 saturated carbocycles. The van der Waals surface area contributed by atoms with Crippen LogP contribution >= 0.6 is 0 Å². The average Bonchev–Trinajstić information content (AvgIpc) is 1.89. The lowest BCUT2D eigenvalue weighted by Crippen LogP contribution is -1.90. The number of aliphatic hydroxyl groups is 1. The highest BCUT2D eigenvalue weighted by Gasteiger charge is 1.94. The molecule has 0 aliphatic rings. The molecule has 0 radical (unpaired) electrons. The summed E-state index contributed by atoms with van der Waals surface area (Å²) in [6.07, 6.45) is 8.11. The average molecular weight is 126 g/mol. The van der Waals surface area contributed by atoms with Gasteiger partial charge in [-0.2, -0.15) is 0 Å². The molecule has 1 atom stereocenters. The number of unbranched alkanes of at least 4 members (excludes halogenated alkanes) is 1. The maximum atomic E-state index is 8.40. The van der Waals surface area contributed by atoms with Crippen molar-refractivity contribution >= 4 is 0 Å². The molecule has 1 heteroatoms. The van der Waals surface area contributed by atoms with Crippen molar-refractivity contribution in [2.45, 2.75) is 26.2 Å². The molecular weight excluding hydrogens is 112 g/mol. The van der Waals surface area contributed by atoms with Gasteiger partial charge >= 0.3 is 0 Å². The molecule has 1 nitrogen and oxygen atoms in total. The van der Waals surface area contributed by atoms with E-state index in [1.54, 1.807) is 0 Å². The number of hydrogen-bond acceptors (Lipinski definition) is 1. The Bertz CT molecular complexity index is 91.2. The van der Waals surface area contributed by atoms with E-state index in [4.69, 9.17) is 11.5 Å². The molecule has 0 fully saturated rings. The van der Waals surface area contributed by atoms with E-state index < -0.39 is 0 Å². The topological polar surface area (TPSA) is 20.2 Å². The Morgan fingerprint density at radius 2 is 2.22 bits per heavy atom. The predicted molar refractivity (Wildman–Crippen MR) is 38.9 cm³/mol. The fourth-order valence-electron chi connectivity index (χ4n) is 0.646. The largest absolute Gasteiger partial charge is 0.396 e. The number of terminal acetylenes is 1. The van der Waals surface area contributed by atoms with Gasteiger partial charge < -0.3 is 5.11 Å². The summed E-state index contributed by atoms with van der Waals surface area (Å²) in [5.74, 6) is 3.01. The molecule has 0 aliphatic heterocycles. The standard InChI is InChI=1S/C8H14O/c1-3-8(2)6-4-5-7-9/h1,8-9H,4-7H2,2H3. The molecule has 0 saturated heterocycles. The van der Waals surface area contributed by atoms with Crippen LogP contribution in [0, 0.1) is 18.3 Å². The SMILES string of the molecule is C#CC(C)CCCCO. The Kier molecular flexibility index (Phi) is 5.35. The third kappa shape index (κ3) is 5.39. The quantitative estimate of drug-likeness (QED) is 0.446. The first-order valence-electron chi connectivity index (χ1n) is 3.38. The molecule has 0 amide bonds. The fraction of sp³-hybridized carbons (Fsp3) is 0.750. The van der Waals surface area contributed by atoms with Gasteiger partial charge in [-0.25, -0.2) is 0 Å². The number of aliphatic hydroxyl groups excluding tert-OH is 1. The summed E-state index contributed by atoms with van der Waals surface area (Å²) in [5.41, 5.74) is 0. The highest BCUT2D eigenvalue weighted by Crippen LogP contribution is 2.04. The zero-order valence-electron chi connectivity index (χ0n) is 5.93. The van der Waals surface area contributed by atoms with Gasteiger partial charge in [0, 0.05) is 12.5 Å². The van der Waals surface area contributed by atoms with E-state index >= 15 is 0 Å². The van der Waals surface area contributed by atoms with E-state index in [9.17, 15) is 0 Å². The summed E-state index contributed by atoms with van der Waals surface area (Å²) < 4.78 is 0. The van der Waals surface area contributed by atoms with E-state index in [-0.39, 0.29) is 6.61 Å². The molecule has 0 aromatic rings. The zero-order valence-corrected chi connectivity index (χ0v) is 5.93. The van der Waals surface area contributed by atoms with Gasteiger partial charge in [0.05, 0.1) is 0 Å². The normalized spacial score (nSPS) is 12.6. The van der Waals surface area contributed by atoms with Gasteiger partial charge in [-0.3, -0.25) is 0 Å². The van der Waals surface area contributed by atoms with Crippen LogP contribution in [0.25, 0.3) is 0 Å². The Hall–Kier alpha value is -0.480. The van der Waals surface area contributed by atoms with Crippen LogP contribution in [0.3, 0.4) is 0 Å². The van der Waals surface area contributed by atoms with Crippen LogP contribution < -0.4 is 0 Å². The van der Waals surface area contributed by atoms with Crippen LogP contribution in [-0.2, 0) is 0 Å². The second-order valence-corrected chi connectivity index (χ2v) is 2.29. The molecule has 0 rings (SSSR count). The van der Waals surface area contributed by atoms with Crippen molar-refractivity contribution in [1.29, 1.82) is 0 Å². The van der Waals surface area contributed by atoms with Crippen LogP contribution in [0.4, 0.5) is 0 Å². The van der Waals surface area contributed by atoms with Gasteiger partial charge in [-0.05, 0) is 19.3 Å². The summed E-state index contributed by atoms with van der Waals surface area (Å²) in [4.78, 5) is 0. The Balaban J connectivity index is 2.99. The molecule has 0 bridgehead atoms. The smallest absolute Gasteiger partial charge is 0.0431 e. The second kappa shape index (κ2) is 5.65. The van der Waals surface area contributed by atoms with Gasteiger partial charge in [0.15, 0.2) is 0 Å². The van der Waals surface area contributed by atoms with E-state index in [1.807, 2.05) is 6.92 Å². The summed E-state index contributed by atoms with van der Waals surface area (Å²) in [5, 5.41) is 8.40. The Morgan fingerprint density at radius 1 is 1.56 bits per heavy atom. The monoisotopic (exact) mass is 126 g/mol. The molecule has 9 heavy (non-hydrogen) atoms. The molecule has 0 aliphatic carbocycles. The summed E-state index contributed by atoms with van der Waals surface area (Å²) >= 11 is 0. The Morgan fingerprint density at radius 3 is 2.67 bits per heavy atom. The molecule has 0 heterocycles. The first kappa shape index (κ1) is 8.52. The fourth-order valence-corrected chi connectivity index (χ4v) is 0.646. The minimum absolute atomic E-state index is 0.289. The minimum atomic E-state index is 0.289. The lowest BCUT2D eigenvalue weighted by atomic mass is 10.1. The number of rotatable bonds is 4. The summed E-state index contributed by atoms with van der Waals surface area (Å²) in [6.45, 7) is 2.31. The van der Waals surface area contributed by atoms with E-state index in [0.29, 0.717) is 5.92 Å². The van der Waals surface area contributed by atoms with Gasteiger partial charge in [0.2, 0.25) is 0 Å². The van der Waals surface area contributed by atoms with Gasteiger partial charge in [-0.15, -0.1) is 12.3 Å². The first-order valence-corrected chi connectivity index (χ1v) is 3.38. The third-order valence-corrected chi connectivity index (χ3v) is 1.33. The first-order chi connectivity index (χ1) is 4.31. The highest BCUT2D eigenvalue weighted by molar-refractivity contribution is 4.89. The van der Waals surface area contributed by atoms with Crippen molar-refractivity contribution in [2.75, 3.05) is 6.61 Å². The lowest BCUT2D eigenvalue weighted by Gasteiger charge is -2.00. The van der Waals surface area contributed by atoms with Crippen molar-refractivity contribution < 1.29 is 5.11 Å². The second-order valence-electron chi connectivity index (χ2n) is 2.29. The van der Waals surface area contributed by atoms with Crippen LogP contribution in [0.1, 0.15) is 26.2 Å². The van der Waals surface area contributed by atoms with Gasteiger partial charge in [0.1, 0.15) is 0 Å². The molecule has 0 spiro atoms. The molecule has 1 N–H and O–H groups in total. The van der Waals surface area contributed by atoms with Crippen molar-refractivity contribution in [1.82, 2.24) is 0 Å².